The summed E-state index contributed by atoms with van der Waals surface area (Å²) in [5.74, 6) is -1.51. The molecule has 1 aliphatic rings. The van der Waals surface area contributed by atoms with Crippen molar-refractivity contribution >= 4 is 27.4 Å². The van der Waals surface area contributed by atoms with Gasteiger partial charge in [-0.15, -0.1) is 0 Å². The van der Waals surface area contributed by atoms with E-state index in [1.165, 1.54) is 99.9 Å². The van der Waals surface area contributed by atoms with E-state index in [1.807, 2.05) is 0 Å². The van der Waals surface area contributed by atoms with Crippen molar-refractivity contribution in [2.24, 2.45) is 0 Å². The lowest BCUT2D eigenvalue weighted by molar-refractivity contribution is -0.191. The molecule has 1 heterocycles. The van der Waals surface area contributed by atoms with Gasteiger partial charge in [-0.3, -0.25) is 9.69 Å². The summed E-state index contributed by atoms with van der Waals surface area (Å²) in [5.41, 5.74) is -0.151. The molecule has 0 amide bonds. The molecule has 0 aromatic heterocycles. The predicted molar refractivity (Wildman–Crippen MR) is 162 cm³/mol. The number of benzene rings is 2. The van der Waals surface area contributed by atoms with Crippen molar-refractivity contribution in [2.75, 3.05) is 19.6 Å². The molecule has 1 aliphatic heterocycles. The number of nitriles is 1. The molecular weight excluding hydrogens is 603 g/mol. The lowest BCUT2D eigenvalue weighted by atomic mass is 10.0. The van der Waals surface area contributed by atoms with E-state index < -0.39 is 52.3 Å². The SMILES string of the molecule is CCCCCCCCCCNCC#N.O=C(O)[C@@H]1C[C@@H](S(=O)(=O)c2ccccc2Cl)CN1C(c1ccccc1)C(F)(F)F. The van der Waals surface area contributed by atoms with Gasteiger partial charge in [0.25, 0.3) is 0 Å². The Bertz CT molecular complexity index is 1270. The second-order valence-electron chi connectivity index (χ2n) is 10.5. The van der Waals surface area contributed by atoms with Crippen molar-refractivity contribution in [1.29, 1.82) is 5.26 Å². The van der Waals surface area contributed by atoms with E-state index in [4.69, 9.17) is 16.9 Å². The average molecular weight is 644 g/mol. The van der Waals surface area contributed by atoms with Crippen molar-refractivity contribution in [3.8, 4) is 6.07 Å². The zero-order valence-corrected chi connectivity index (χ0v) is 26.0. The summed E-state index contributed by atoms with van der Waals surface area (Å²) >= 11 is 5.96. The van der Waals surface area contributed by atoms with Crippen molar-refractivity contribution < 1.29 is 31.5 Å². The van der Waals surface area contributed by atoms with Gasteiger partial charge in [0.15, 0.2) is 9.84 Å². The summed E-state index contributed by atoms with van der Waals surface area (Å²) in [6, 6.07) is 10.7. The fourth-order valence-corrected chi connectivity index (χ4v) is 7.39. The van der Waals surface area contributed by atoms with Gasteiger partial charge in [-0.2, -0.15) is 18.4 Å². The van der Waals surface area contributed by atoms with Crippen molar-refractivity contribution in [3.05, 3.63) is 65.2 Å². The molecule has 0 saturated carbocycles. The molecule has 238 valence electrons. The highest BCUT2D eigenvalue weighted by atomic mass is 35.5. The van der Waals surface area contributed by atoms with E-state index >= 15 is 0 Å². The van der Waals surface area contributed by atoms with Crippen LogP contribution in [0.2, 0.25) is 5.02 Å². The first kappa shape index (κ1) is 36.5. The summed E-state index contributed by atoms with van der Waals surface area (Å²) in [5, 5.41) is 19.5. The predicted octanol–water partition coefficient (Wildman–Crippen LogP) is 7.19. The van der Waals surface area contributed by atoms with Gasteiger partial charge in [-0.1, -0.05) is 106 Å². The van der Waals surface area contributed by atoms with Crippen LogP contribution in [0.15, 0.2) is 59.5 Å². The fraction of sp³-hybridized carbons (Fsp3) is 0.548. The number of halogens is 4. The maximum Gasteiger partial charge on any atom is 0.408 e. The van der Waals surface area contributed by atoms with Crippen LogP contribution in [-0.4, -0.2) is 61.5 Å². The number of nitrogens with zero attached hydrogens (tertiary/aromatic N) is 2. The van der Waals surface area contributed by atoms with Gasteiger partial charge in [0.2, 0.25) is 0 Å². The van der Waals surface area contributed by atoms with Crippen LogP contribution in [0.4, 0.5) is 13.2 Å². The van der Waals surface area contributed by atoms with Crippen LogP contribution >= 0.6 is 11.6 Å². The van der Waals surface area contributed by atoms with Gasteiger partial charge < -0.3 is 10.4 Å². The highest BCUT2D eigenvalue weighted by Crippen LogP contribution is 2.43. The fourth-order valence-electron chi connectivity index (χ4n) is 5.16. The number of hydrogen-bond acceptors (Lipinski definition) is 6. The zero-order valence-electron chi connectivity index (χ0n) is 24.4. The van der Waals surface area contributed by atoms with Crippen molar-refractivity contribution in [2.45, 2.75) is 93.1 Å². The minimum absolute atomic E-state index is 0.0618. The maximum absolute atomic E-state index is 13.9. The van der Waals surface area contributed by atoms with E-state index in [0.29, 0.717) is 11.4 Å². The Morgan fingerprint density at radius 3 is 2.19 bits per heavy atom. The minimum atomic E-state index is -4.79. The molecule has 0 spiro atoms. The highest BCUT2D eigenvalue weighted by Gasteiger charge is 2.54. The molecule has 2 aromatic rings. The number of carbonyl (C=O) groups is 1. The van der Waals surface area contributed by atoms with E-state index in [0.717, 1.165) is 6.54 Å². The zero-order chi connectivity index (χ0) is 31.9. The second kappa shape index (κ2) is 18.2. The summed E-state index contributed by atoms with van der Waals surface area (Å²) in [6.45, 7) is 3.17. The third kappa shape index (κ3) is 11.4. The summed E-state index contributed by atoms with van der Waals surface area (Å²) in [6.07, 6.45) is 5.54. The third-order valence-corrected chi connectivity index (χ3v) is 9.97. The van der Waals surface area contributed by atoms with Crippen LogP contribution in [-0.2, 0) is 14.6 Å². The van der Waals surface area contributed by atoms with Crippen molar-refractivity contribution in [1.82, 2.24) is 10.2 Å². The Kier molecular flexibility index (Phi) is 15.5. The lowest BCUT2D eigenvalue weighted by Crippen LogP contribution is -2.45. The average Bonchev–Trinajstić information content (AvgIpc) is 3.40. The molecule has 0 radical (unpaired) electrons. The molecule has 3 rings (SSSR count). The molecule has 2 N–H and O–H groups in total. The molecule has 0 bridgehead atoms. The number of likely N-dealkylation sites (tertiary alicyclic amines) is 1. The van der Waals surface area contributed by atoms with Crippen LogP contribution in [0.25, 0.3) is 0 Å². The van der Waals surface area contributed by atoms with Gasteiger partial charge in [0.1, 0.15) is 12.1 Å². The van der Waals surface area contributed by atoms with Crippen LogP contribution < -0.4 is 5.32 Å². The molecular formula is C31H41ClF3N3O4S. The highest BCUT2D eigenvalue weighted by molar-refractivity contribution is 7.92. The normalized spacial score (nSPS) is 18.0. The van der Waals surface area contributed by atoms with Crippen LogP contribution in [0.5, 0.6) is 0 Å². The second-order valence-corrected chi connectivity index (χ2v) is 13.2. The van der Waals surface area contributed by atoms with E-state index in [2.05, 4.69) is 18.3 Å². The summed E-state index contributed by atoms with van der Waals surface area (Å²) in [7, 11) is -4.13. The Hall–Kier alpha value is -2.65. The number of rotatable bonds is 15. The van der Waals surface area contributed by atoms with E-state index in [1.54, 1.807) is 6.07 Å². The Morgan fingerprint density at radius 2 is 1.63 bits per heavy atom. The first-order valence-electron chi connectivity index (χ1n) is 14.6. The number of alkyl halides is 3. The molecule has 1 fully saturated rings. The Balaban J connectivity index is 0.000000391. The molecule has 3 atom stereocenters. The smallest absolute Gasteiger partial charge is 0.408 e. The molecule has 1 saturated heterocycles. The third-order valence-electron chi connectivity index (χ3n) is 7.34. The van der Waals surface area contributed by atoms with Gasteiger partial charge in [0.05, 0.1) is 27.8 Å². The number of sulfone groups is 1. The largest absolute Gasteiger partial charge is 0.480 e. The standard InChI is InChI=1S/C19H17ClF3NO4S.C12H24N2/c20-14-8-4-5-9-16(14)29(27,28)13-10-15(18(25)26)24(11-13)17(19(21,22)23)12-6-2-1-3-7-12;1-2-3-4-5-6-7-8-9-11-14-12-10-13/h1-9,13,15,17H,10-11H2,(H,25,26);14H,2-9,11-12H2,1H3/t13-,15+,17?;/m1./s1. The molecule has 43 heavy (non-hydrogen) atoms. The molecule has 2 aromatic carbocycles. The molecule has 1 unspecified atom stereocenters. The van der Waals surface area contributed by atoms with Crippen molar-refractivity contribution in [3.63, 3.8) is 0 Å². The number of aliphatic carboxylic acids is 1. The summed E-state index contributed by atoms with van der Waals surface area (Å²) in [4.78, 5) is 12.2. The Labute approximate surface area is 258 Å². The number of carboxylic acids is 1. The first-order chi connectivity index (χ1) is 20.4. The maximum atomic E-state index is 13.9. The summed E-state index contributed by atoms with van der Waals surface area (Å²) < 4.78 is 67.7. The number of hydrogen-bond donors (Lipinski definition) is 2. The number of carboxylic acid groups (broad SMARTS) is 1. The van der Waals surface area contributed by atoms with Crippen LogP contribution in [0.3, 0.4) is 0 Å². The topological polar surface area (TPSA) is 110 Å². The van der Waals surface area contributed by atoms with E-state index in [-0.39, 0.29) is 15.5 Å². The monoisotopic (exact) mass is 643 g/mol. The molecule has 7 nitrogen and oxygen atoms in total. The molecule has 0 aliphatic carbocycles. The van der Waals surface area contributed by atoms with Crippen LogP contribution in [0, 0.1) is 11.3 Å². The quantitative estimate of drug-likeness (QED) is 0.156. The number of nitrogens with one attached hydrogen (secondary N) is 1. The Morgan fingerprint density at radius 1 is 1.05 bits per heavy atom. The van der Waals surface area contributed by atoms with Gasteiger partial charge in [-0.05, 0) is 37.1 Å². The number of unbranched alkanes of at least 4 members (excludes halogenated alkanes) is 7. The first-order valence-corrected chi connectivity index (χ1v) is 16.5. The van der Waals surface area contributed by atoms with Gasteiger partial charge in [-0.25, -0.2) is 8.42 Å². The lowest BCUT2D eigenvalue weighted by Gasteiger charge is -2.32. The molecule has 12 heteroatoms. The van der Waals surface area contributed by atoms with Crippen LogP contribution in [0.1, 0.15) is 76.3 Å². The van der Waals surface area contributed by atoms with Gasteiger partial charge >= 0.3 is 12.1 Å². The van der Waals surface area contributed by atoms with Gasteiger partial charge in [0, 0.05) is 6.54 Å². The minimum Gasteiger partial charge on any atom is -0.480 e. The van der Waals surface area contributed by atoms with E-state index in [9.17, 15) is 31.5 Å².